The average molecular weight is 382 g/mol. The van der Waals surface area contributed by atoms with Crippen molar-refractivity contribution in [2.75, 3.05) is 12.9 Å². The number of nitrogens with one attached hydrogen (secondary N) is 1. The van der Waals surface area contributed by atoms with E-state index in [2.05, 4.69) is 29.0 Å². The predicted molar refractivity (Wildman–Crippen MR) is 109 cm³/mol. The molecule has 0 aliphatic carbocycles. The molecule has 0 aliphatic heterocycles. The van der Waals surface area contributed by atoms with Crippen LogP contribution < -0.4 is 4.74 Å². The van der Waals surface area contributed by atoms with E-state index in [-0.39, 0.29) is 5.78 Å². The number of carbonyl (C=O) groups is 1. The molecule has 0 saturated carbocycles. The number of ether oxygens (including phenoxy) is 1. The second-order valence-electron chi connectivity index (χ2n) is 6.34. The standard InChI is InChI=1S/C21H23N3O2S/c1-4-14(2)15-5-7-16(8-6-15)19(25)13-27-21-22-20(23-24-21)17-9-11-18(26-3)12-10-17/h5-12,14H,4,13H2,1-3H3,(H,22,23,24)/t14-/m1/s1. The number of Topliss-reactive ketones (excluding diaryl/α,β-unsaturated/α-hetero) is 1. The lowest BCUT2D eigenvalue weighted by Crippen LogP contribution is -2.03. The van der Waals surface area contributed by atoms with Crippen molar-refractivity contribution >= 4 is 17.5 Å². The summed E-state index contributed by atoms with van der Waals surface area (Å²) in [5.41, 5.74) is 2.90. The van der Waals surface area contributed by atoms with E-state index in [0.29, 0.717) is 22.7 Å². The molecule has 1 atom stereocenters. The summed E-state index contributed by atoms with van der Waals surface area (Å²) in [5.74, 6) is 2.35. The monoisotopic (exact) mass is 381 g/mol. The van der Waals surface area contributed by atoms with Crippen molar-refractivity contribution in [3.8, 4) is 17.1 Å². The first kappa shape index (κ1) is 19.2. The van der Waals surface area contributed by atoms with E-state index in [1.165, 1.54) is 17.3 Å². The minimum absolute atomic E-state index is 0.0755. The fraction of sp³-hybridized carbons (Fsp3) is 0.286. The SMILES string of the molecule is CC[C@@H](C)c1ccc(C(=O)CSc2n[nH]c(-c3ccc(OC)cc3)n2)cc1. The second-order valence-corrected chi connectivity index (χ2v) is 7.28. The summed E-state index contributed by atoms with van der Waals surface area (Å²) in [6.07, 6.45) is 1.09. The van der Waals surface area contributed by atoms with Crippen LogP contribution in [0, 0.1) is 0 Å². The summed E-state index contributed by atoms with van der Waals surface area (Å²) < 4.78 is 5.16. The van der Waals surface area contributed by atoms with Crippen LogP contribution >= 0.6 is 11.8 Å². The van der Waals surface area contributed by atoms with Crippen molar-refractivity contribution in [2.24, 2.45) is 0 Å². The van der Waals surface area contributed by atoms with E-state index >= 15 is 0 Å². The molecule has 5 nitrogen and oxygen atoms in total. The largest absolute Gasteiger partial charge is 0.497 e. The summed E-state index contributed by atoms with van der Waals surface area (Å²) in [7, 11) is 1.63. The molecule has 0 amide bonds. The topological polar surface area (TPSA) is 67.9 Å². The minimum atomic E-state index is 0.0755. The highest BCUT2D eigenvalue weighted by molar-refractivity contribution is 7.99. The molecule has 3 aromatic rings. The molecule has 6 heteroatoms. The molecule has 0 spiro atoms. The maximum Gasteiger partial charge on any atom is 0.209 e. The fourth-order valence-electron chi connectivity index (χ4n) is 2.64. The summed E-state index contributed by atoms with van der Waals surface area (Å²) in [5, 5.41) is 7.67. The number of benzene rings is 2. The zero-order valence-electron chi connectivity index (χ0n) is 15.7. The number of aromatic nitrogens is 3. The lowest BCUT2D eigenvalue weighted by molar-refractivity contribution is 0.102. The van der Waals surface area contributed by atoms with Crippen LogP contribution in [0.1, 0.15) is 42.1 Å². The van der Waals surface area contributed by atoms with Gasteiger partial charge in [0.2, 0.25) is 5.16 Å². The number of carbonyl (C=O) groups excluding carboxylic acids is 1. The molecular weight excluding hydrogens is 358 g/mol. The number of hydrogen-bond acceptors (Lipinski definition) is 5. The van der Waals surface area contributed by atoms with Gasteiger partial charge in [0, 0.05) is 11.1 Å². The molecule has 0 unspecified atom stereocenters. The molecule has 3 rings (SSSR count). The maximum atomic E-state index is 12.4. The smallest absolute Gasteiger partial charge is 0.209 e. The van der Waals surface area contributed by atoms with Crippen LogP contribution in [0.4, 0.5) is 0 Å². The zero-order chi connectivity index (χ0) is 19.2. The third-order valence-corrected chi connectivity index (χ3v) is 5.42. The van der Waals surface area contributed by atoms with Crippen molar-refractivity contribution in [2.45, 2.75) is 31.3 Å². The van der Waals surface area contributed by atoms with Crippen molar-refractivity contribution in [3.63, 3.8) is 0 Å². The number of rotatable bonds is 8. The Morgan fingerprint density at radius 2 is 1.85 bits per heavy atom. The number of thioether (sulfide) groups is 1. The quantitative estimate of drug-likeness (QED) is 0.441. The minimum Gasteiger partial charge on any atom is -0.497 e. The Morgan fingerprint density at radius 3 is 2.48 bits per heavy atom. The van der Waals surface area contributed by atoms with Gasteiger partial charge in [-0.2, -0.15) is 0 Å². The molecule has 1 aromatic heterocycles. The highest BCUT2D eigenvalue weighted by Crippen LogP contribution is 2.23. The van der Waals surface area contributed by atoms with Gasteiger partial charge in [0.05, 0.1) is 12.9 Å². The molecule has 0 radical (unpaired) electrons. The van der Waals surface area contributed by atoms with Gasteiger partial charge in [-0.1, -0.05) is 49.9 Å². The van der Waals surface area contributed by atoms with Gasteiger partial charge in [-0.25, -0.2) is 4.98 Å². The van der Waals surface area contributed by atoms with Crippen LogP contribution in [0.25, 0.3) is 11.4 Å². The van der Waals surface area contributed by atoms with Crippen molar-refractivity contribution in [1.29, 1.82) is 0 Å². The third kappa shape index (κ3) is 4.77. The first-order chi connectivity index (χ1) is 13.1. The van der Waals surface area contributed by atoms with Crippen molar-refractivity contribution in [1.82, 2.24) is 15.2 Å². The molecule has 0 aliphatic rings. The molecule has 2 aromatic carbocycles. The van der Waals surface area contributed by atoms with E-state index in [4.69, 9.17) is 4.74 Å². The first-order valence-electron chi connectivity index (χ1n) is 8.93. The number of methoxy groups -OCH3 is 1. The molecular formula is C21H23N3O2S. The van der Waals surface area contributed by atoms with Crippen LogP contribution in [-0.4, -0.2) is 33.8 Å². The van der Waals surface area contributed by atoms with Gasteiger partial charge in [0.25, 0.3) is 0 Å². The van der Waals surface area contributed by atoms with Crippen molar-refractivity contribution in [3.05, 3.63) is 59.7 Å². The summed E-state index contributed by atoms with van der Waals surface area (Å²) in [4.78, 5) is 16.9. The van der Waals surface area contributed by atoms with Crippen LogP contribution in [0.3, 0.4) is 0 Å². The van der Waals surface area contributed by atoms with Crippen LogP contribution in [0.5, 0.6) is 5.75 Å². The molecule has 0 fully saturated rings. The second kappa shape index (κ2) is 8.86. The van der Waals surface area contributed by atoms with Crippen molar-refractivity contribution < 1.29 is 9.53 Å². The molecule has 1 heterocycles. The van der Waals surface area contributed by atoms with E-state index in [1.807, 2.05) is 48.5 Å². The molecule has 140 valence electrons. The average Bonchev–Trinajstić information content (AvgIpc) is 3.20. The highest BCUT2D eigenvalue weighted by Gasteiger charge is 2.11. The van der Waals surface area contributed by atoms with Gasteiger partial charge < -0.3 is 4.74 Å². The van der Waals surface area contributed by atoms with Gasteiger partial charge in [-0.05, 0) is 42.2 Å². The molecule has 0 bridgehead atoms. The van der Waals surface area contributed by atoms with E-state index in [9.17, 15) is 4.79 Å². The van der Waals surface area contributed by atoms with E-state index in [1.54, 1.807) is 7.11 Å². The van der Waals surface area contributed by atoms with Gasteiger partial charge in [0.15, 0.2) is 11.6 Å². The Labute approximate surface area is 163 Å². The first-order valence-corrected chi connectivity index (χ1v) is 9.92. The Hall–Kier alpha value is -2.60. The number of aromatic amines is 1. The maximum absolute atomic E-state index is 12.4. The normalized spacial score (nSPS) is 12.0. The van der Waals surface area contributed by atoms with Gasteiger partial charge >= 0.3 is 0 Å². The fourth-order valence-corrected chi connectivity index (χ4v) is 3.33. The Balaban J connectivity index is 1.60. The number of ketones is 1. The summed E-state index contributed by atoms with van der Waals surface area (Å²) in [6, 6.07) is 15.5. The molecule has 0 saturated heterocycles. The van der Waals surface area contributed by atoms with Gasteiger partial charge in [0.1, 0.15) is 5.75 Å². The Kier molecular flexibility index (Phi) is 6.29. The number of H-pyrrole nitrogens is 1. The van der Waals surface area contributed by atoms with Crippen LogP contribution in [0.2, 0.25) is 0 Å². The molecule has 27 heavy (non-hydrogen) atoms. The Morgan fingerprint density at radius 1 is 1.15 bits per heavy atom. The lowest BCUT2D eigenvalue weighted by atomic mass is 9.97. The molecule has 1 N–H and O–H groups in total. The summed E-state index contributed by atoms with van der Waals surface area (Å²) >= 11 is 1.33. The Bertz CT molecular complexity index is 889. The summed E-state index contributed by atoms with van der Waals surface area (Å²) in [6.45, 7) is 4.35. The lowest BCUT2D eigenvalue weighted by Gasteiger charge is -2.09. The van der Waals surface area contributed by atoms with Crippen LogP contribution in [0.15, 0.2) is 53.7 Å². The third-order valence-electron chi connectivity index (χ3n) is 4.57. The predicted octanol–water partition coefficient (Wildman–Crippen LogP) is 4.97. The van der Waals surface area contributed by atoms with Crippen LogP contribution in [-0.2, 0) is 0 Å². The number of nitrogens with zero attached hydrogens (tertiary/aromatic N) is 2. The van der Waals surface area contributed by atoms with E-state index in [0.717, 1.165) is 23.3 Å². The van der Waals surface area contributed by atoms with E-state index < -0.39 is 0 Å². The number of hydrogen-bond donors (Lipinski definition) is 1. The highest BCUT2D eigenvalue weighted by atomic mass is 32.2. The zero-order valence-corrected chi connectivity index (χ0v) is 16.5. The van der Waals surface area contributed by atoms with Gasteiger partial charge in [-0.3, -0.25) is 9.89 Å². The van der Waals surface area contributed by atoms with Gasteiger partial charge in [-0.15, -0.1) is 5.10 Å².